The van der Waals surface area contributed by atoms with Crippen molar-refractivity contribution in [2.75, 3.05) is 34.4 Å². The lowest BCUT2D eigenvalue weighted by atomic mass is 9.98. The quantitative estimate of drug-likeness (QED) is 0.667. The minimum atomic E-state index is -3.62. The lowest BCUT2D eigenvalue weighted by molar-refractivity contribution is -0.126. The zero-order valence-electron chi connectivity index (χ0n) is 18.0. The minimum absolute atomic E-state index is 0.159. The van der Waals surface area contributed by atoms with Crippen LogP contribution in [0.15, 0.2) is 47.4 Å². The molecule has 2 aromatic rings. The van der Waals surface area contributed by atoms with Gasteiger partial charge in [-0.2, -0.15) is 4.31 Å². The monoisotopic (exact) mass is 448 g/mol. The molecule has 0 aliphatic carbocycles. The van der Waals surface area contributed by atoms with Gasteiger partial charge in [0.25, 0.3) is 0 Å². The molecular formula is C22H28N2O6S. The second-order valence-corrected chi connectivity index (χ2v) is 9.16. The first-order valence-electron chi connectivity index (χ1n) is 10.0. The summed E-state index contributed by atoms with van der Waals surface area (Å²) < 4.78 is 43.3. The predicted octanol–water partition coefficient (Wildman–Crippen LogP) is 2.43. The molecule has 2 aromatic carbocycles. The molecule has 0 radical (unpaired) electrons. The first kappa shape index (κ1) is 22.9. The van der Waals surface area contributed by atoms with Crippen LogP contribution in [0.25, 0.3) is 0 Å². The van der Waals surface area contributed by atoms with Crippen LogP contribution in [-0.4, -0.2) is 53.0 Å². The number of hydrogen-bond donors (Lipinski definition) is 1. The molecule has 1 heterocycles. The van der Waals surface area contributed by atoms with Crippen LogP contribution in [0.4, 0.5) is 0 Å². The molecule has 168 valence electrons. The summed E-state index contributed by atoms with van der Waals surface area (Å²) in [6.07, 6.45) is 1.26. The van der Waals surface area contributed by atoms with Crippen molar-refractivity contribution >= 4 is 15.9 Å². The molecule has 0 spiro atoms. The third-order valence-corrected chi connectivity index (χ3v) is 7.25. The summed E-state index contributed by atoms with van der Waals surface area (Å²) in [7, 11) is 0.963. The summed E-state index contributed by atoms with van der Waals surface area (Å²) in [5.41, 5.74) is 0.734. The second kappa shape index (κ2) is 10.0. The third-order valence-electron chi connectivity index (χ3n) is 5.37. The largest absolute Gasteiger partial charge is 0.493 e. The number of nitrogens with zero attached hydrogens (tertiary/aromatic N) is 1. The molecule has 0 bridgehead atoms. The molecule has 9 heteroatoms. The van der Waals surface area contributed by atoms with Crippen molar-refractivity contribution in [3.63, 3.8) is 0 Å². The zero-order chi connectivity index (χ0) is 22.4. The molecule has 0 aromatic heterocycles. The molecule has 1 N–H and O–H groups in total. The van der Waals surface area contributed by atoms with Crippen molar-refractivity contribution in [2.45, 2.75) is 24.3 Å². The third kappa shape index (κ3) is 4.94. The number of piperidine rings is 1. The predicted molar refractivity (Wildman–Crippen MR) is 116 cm³/mol. The van der Waals surface area contributed by atoms with Crippen LogP contribution in [0.1, 0.15) is 18.4 Å². The van der Waals surface area contributed by atoms with Gasteiger partial charge < -0.3 is 19.5 Å². The molecule has 8 nitrogen and oxygen atoms in total. The Morgan fingerprint density at radius 3 is 2.39 bits per heavy atom. The van der Waals surface area contributed by atoms with Crippen LogP contribution in [0.3, 0.4) is 0 Å². The van der Waals surface area contributed by atoms with E-state index < -0.39 is 15.9 Å². The standard InChI is InChI=1S/C22H28N2O6S/c1-28-19-12-11-16(20(29-2)21(19)30-3)14-23-22(25)17-8-7-13-24(15-17)31(26,27)18-9-5-4-6-10-18/h4-6,9-12,17H,7-8,13-15H2,1-3H3,(H,23,25). The Labute approximate surface area is 183 Å². The SMILES string of the molecule is COc1ccc(CNC(=O)C2CCCN(S(=O)(=O)c3ccccc3)C2)c(OC)c1OC. The number of ether oxygens (including phenoxy) is 3. The number of methoxy groups -OCH3 is 3. The van der Waals surface area contributed by atoms with Gasteiger partial charge in [-0.3, -0.25) is 4.79 Å². The van der Waals surface area contributed by atoms with E-state index in [2.05, 4.69) is 5.32 Å². The van der Waals surface area contributed by atoms with Gasteiger partial charge in [-0.15, -0.1) is 0 Å². The minimum Gasteiger partial charge on any atom is -0.493 e. The maximum atomic E-state index is 12.9. The highest BCUT2D eigenvalue weighted by Crippen LogP contribution is 2.39. The van der Waals surface area contributed by atoms with Gasteiger partial charge in [0.15, 0.2) is 11.5 Å². The number of benzene rings is 2. The van der Waals surface area contributed by atoms with Crippen LogP contribution < -0.4 is 19.5 Å². The van der Waals surface area contributed by atoms with E-state index in [0.29, 0.717) is 36.6 Å². The van der Waals surface area contributed by atoms with E-state index in [0.717, 1.165) is 5.56 Å². The first-order chi connectivity index (χ1) is 14.9. The van der Waals surface area contributed by atoms with Gasteiger partial charge in [0.1, 0.15) is 0 Å². The lowest BCUT2D eigenvalue weighted by Crippen LogP contribution is -2.45. The molecule has 1 aliphatic rings. The van der Waals surface area contributed by atoms with E-state index in [1.807, 2.05) is 0 Å². The molecule has 0 saturated carbocycles. The Balaban J connectivity index is 1.69. The fraction of sp³-hybridized carbons (Fsp3) is 0.409. The summed E-state index contributed by atoms with van der Waals surface area (Å²) in [5, 5.41) is 2.91. The molecule has 31 heavy (non-hydrogen) atoms. The van der Waals surface area contributed by atoms with Gasteiger partial charge in [0.2, 0.25) is 21.7 Å². The maximum absolute atomic E-state index is 12.9. The highest BCUT2D eigenvalue weighted by Gasteiger charge is 2.33. The van der Waals surface area contributed by atoms with Crippen molar-refractivity contribution in [3.05, 3.63) is 48.0 Å². The van der Waals surface area contributed by atoms with E-state index in [1.165, 1.54) is 25.6 Å². The summed E-state index contributed by atoms with van der Waals surface area (Å²) in [6.45, 7) is 0.793. The Bertz CT molecular complexity index is 1010. The Morgan fingerprint density at radius 2 is 1.74 bits per heavy atom. The number of carbonyl (C=O) groups excluding carboxylic acids is 1. The smallest absolute Gasteiger partial charge is 0.243 e. The Morgan fingerprint density at radius 1 is 1.03 bits per heavy atom. The van der Waals surface area contributed by atoms with E-state index in [-0.39, 0.29) is 23.9 Å². The molecule has 3 rings (SSSR count). The highest BCUT2D eigenvalue weighted by atomic mass is 32.2. The summed E-state index contributed by atoms with van der Waals surface area (Å²) in [6, 6.07) is 11.8. The van der Waals surface area contributed by atoms with Crippen LogP contribution in [0.5, 0.6) is 17.2 Å². The summed E-state index contributed by atoms with van der Waals surface area (Å²) >= 11 is 0. The zero-order valence-corrected chi connectivity index (χ0v) is 18.8. The normalized spacial score (nSPS) is 17.1. The van der Waals surface area contributed by atoms with E-state index in [4.69, 9.17) is 14.2 Å². The van der Waals surface area contributed by atoms with Gasteiger partial charge in [0, 0.05) is 25.2 Å². The highest BCUT2D eigenvalue weighted by molar-refractivity contribution is 7.89. The fourth-order valence-corrected chi connectivity index (χ4v) is 5.29. The number of nitrogens with one attached hydrogen (secondary N) is 1. The number of amides is 1. The number of carbonyl (C=O) groups is 1. The van der Waals surface area contributed by atoms with Crippen LogP contribution in [0, 0.1) is 5.92 Å². The maximum Gasteiger partial charge on any atom is 0.243 e. The van der Waals surface area contributed by atoms with Crippen LogP contribution in [-0.2, 0) is 21.4 Å². The number of hydrogen-bond acceptors (Lipinski definition) is 6. The lowest BCUT2D eigenvalue weighted by Gasteiger charge is -2.31. The van der Waals surface area contributed by atoms with Gasteiger partial charge in [-0.05, 0) is 37.1 Å². The van der Waals surface area contributed by atoms with E-state index in [9.17, 15) is 13.2 Å². The number of rotatable bonds is 8. The van der Waals surface area contributed by atoms with Gasteiger partial charge in [-0.1, -0.05) is 18.2 Å². The first-order valence-corrected chi connectivity index (χ1v) is 11.5. The average molecular weight is 449 g/mol. The Hall–Kier alpha value is -2.78. The van der Waals surface area contributed by atoms with Gasteiger partial charge in [-0.25, -0.2) is 8.42 Å². The van der Waals surface area contributed by atoms with E-state index >= 15 is 0 Å². The summed E-state index contributed by atoms with van der Waals surface area (Å²) in [5.74, 6) is 0.861. The van der Waals surface area contributed by atoms with Crippen LogP contribution >= 0.6 is 0 Å². The van der Waals surface area contributed by atoms with Gasteiger partial charge in [0.05, 0.1) is 32.1 Å². The number of sulfonamides is 1. The van der Waals surface area contributed by atoms with Crippen LogP contribution in [0.2, 0.25) is 0 Å². The topological polar surface area (TPSA) is 94.2 Å². The molecule has 1 unspecified atom stereocenters. The van der Waals surface area contributed by atoms with Crippen molar-refractivity contribution in [2.24, 2.45) is 5.92 Å². The fourth-order valence-electron chi connectivity index (χ4n) is 3.75. The van der Waals surface area contributed by atoms with Crippen molar-refractivity contribution in [1.82, 2.24) is 9.62 Å². The second-order valence-electron chi connectivity index (χ2n) is 7.23. The van der Waals surface area contributed by atoms with Crippen molar-refractivity contribution < 1.29 is 27.4 Å². The molecule has 1 saturated heterocycles. The molecule has 1 atom stereocenters. The Kier molecular flexibility index (Phi) is 7.40. The van der Waals surface area contributed by atoms with Crippen molar-refractivity contribution in [3.8, 4) is 17.2 Å². The molecule has 1 aliphatic heterocycles. The molecule has 1 fully saturated rings. The molecular weight excluding hydrogens is 420 g/mol. The van der Waals surface area contributed by atoms with E-state index in [1.54, 1.807) is 42.5 Å². The molecule has 1 amide bonds. The van der Waals surface area contributed by atoms with Crippen molar-refractivity contribution in [1.29, 1.82) is 0 Å². The summed E-state index contributed by atoms with van der Waals surface area (Å²) in [4.78, 5) is 13.1. The van der Waals surface area contributed by atoms with Gasteiger partial charge >= 0.3 is 0 Å². The average Bonchev–Trinajstić information content (AvgIpc) is 2.82.